The molecule has 0 aliphatic carbocycles. The number of methoxy groups -OCH3 is 1. The van der Waals surface area contributed by atoms with Crippen molar-refractivity contribution in [2.45, 2.75) is 6.11 Å². The molecule has 1 rings (SSSR count). The average molecular weight is 268 g/mol. The maximum Gasteiger partial charge on any atom is 0.410 e. The van der Waals surface area contributed by atoms with Crippen LogP contribution in [0.2, 0.25) is 0 Å². The Bertz CT molecular complexity index is 370. The second-order valence-electron chi connectivity index (χ2n) is 2.96. The van der Waals surface area contributed by atoms with E-state index in [1.165, 1.54) is 31.4 Å². The van der Waals surface area contributed by atoms with Gasteiger partial charge in [0.1, 0.15) is 5.75 Å². The number of carbonyl (C=O) groups excluding carboxylic acids is 1. The molecule has 0 saturated carbocycles. The molecular weight excluding hydrogens is 256 g/mol. The van der Waals surface area contributed by atoms with E-state index in [1.54, 1.807) is 0 Å². The van der Waals surface area contributed by atoms with Crippen LogP contribution in [0, 0.1) is 0 Å². The predicted molar refractivity (Wildman–Crippen MR) is 59.7 cm³/mol. The van der Waals surface area contributed by atoms with Crippen LogP contribution >= 0.6 is 12.4 Å². The third kappa shape index (κ3) is 4.54. The van der Waals surface area contributed by atoms with Crippen molar-refractivity contribution in [3.63, 3.8) is 0 Å². The lowest BCUT2D eigenvalue weighted by atomic mass is 10.2. The third-order valence-corrected chi connectivity index (χ3v) is 1.78. The highest BCUT2D eigenvalue weighted by Crippen LogP contribution is 2.21. The fourth-order valence-corrected chi connectivity index (χ4v) is 0.991. The van der Waals surface area contributed by atoms with Crippen molar-refractivity contribution in [3.05, 3.63) is 29.8 Å². The van der Waals surface area contributed by atoms with E-state index in [4.69, 9.17) is 5.73 Å². The maximum atomic E-state index is 12.7. The van der Waals surface area contributed by atoms with Crippen LogP contribution in [0.15, 0.2) is 24.3 Å². The first-order valence-electron chi connectivity index (χ1n) is 4.44. The van der Waals surface area contributed by atoms with Crippen molar-refractivity contribution >= 4 is 18.4 Å². The van der Waals surface area contributed by atoms with E-state index in [1.807, 2.05) is 0 Å². The quantitative estimate of drug-likeness (QED) is 0.846. The van der Waals surface area contributed by atoms with E-state index >= 15 is 0 Å². The summed E-state index contributed by atoms with van der Waals surface area (Å²) in [6.45, 7) is -0.911. The second-order valence-corrected chi connectivity index (χ2v) is 2.96. The average Bonchev–Trinajstić information content (AvgIpc) is 2.28. The first-order valence-corrected chi connectivity index (χ1v) is 4.44. The second kappa shape index (κ2) is 6.36. The summed E-state index contributed by atoms with van der Waals surface area (Å²) in [6.07, 6.45) is -3.41. The molecule has 1 aromatic rings. The Labute approximate surface area is 103 Å². The van der Waals surface area contributed by atoms with Crippen LogP contribution < -0.4 is 10.5 Å². The zero-order valence-corrected chi connectivity index (χ0v) is 9.80. The van der Waals surface area contributed by atoms with Crippen LogP contribution in [-0.2, 0) is 4.74 Å². The summed E-state index contributed by atoms with van der Waals surface area (Å²) in [5.41, 5.74) is 5.06. The minimum Gasteiger partial charge on any atom is -0.465 e. The monoisotopic (exact) mass is 267 g/mol. The molecule has 4 nitrogen and oxygen atoms in total. The van der Waals surface area contributed by atoms with Crippen LogP contribution in [0.4, 0.5) is 8.78 Å². The Morgan fingerprint density at radius 1 is 1.35 bits per heavy atom. The Hall–Kier alpha value is -1.40. The molecule has 1 aromatic carbocycles. The van der Waals surface area contributed by atoms with E-state index in [0.29, 0.717) is 0 Å². The summed E-state index contributed by atoms with van der Waals surface area (Å²) in [7, 11) is 1.23. The van der Waals surface area contributed by atoms with Gasteiger partial charge < -0.3 is 15.2 Å². The molecule has 0 atom stereocenters. The van der Waals surface area contributed by atoms with Gasteiger partial charge in [0.25, 0.3) is 0 Å². The van der Waals surface area contributed by atoms with Crippen LogP contribution in [0.1, 0.15) is 10.4 Å². The number of carbonyl (C=O) groups is 1. The number of halogens is 3. The van der Waals surface area contributed by atoms with E-state index < -0.39 is 18.6 Å². The first-order chi connectivity index (χ1) is 7.48. The highest BCUT2D eigenvalue weighted by molar-refractivity contribution is 5.89. The lowest BCUT2D eigenvalue weighted by Gasteiger charge is -2.15. The largest absolute Gasteiger partial charge is 0.465 e. The van der Waals surface area contributed by atoms with Gasteiger partial charge in [-0.05, 0) is 24.3 Å². The standard InChI is InChI=1S/C10H11F2NO3.ClH/c1-15-9(14)7-2-4-8(5-3-7)16-10(11,12)6-13;/h2-5H,6,13H2,1H3;1H. The van der Waals surface area contributed by atoms with Crippen LogP contribution in [0.5, 0.6) is 5.75 Å². The van der Waals surface area contributed by atoms with E-state index in [-0.39, 0.29) is 23.7 Å². The molecule has 0 spiro atoms. The van der Waals surface area contributed by atoms with Gasteiger partial charge in [-0.15, -0.1) is 12.4 Å². The minimum atomic E-state index is -3.41. The molecule has 17 heavy (non-hydrogen) atoms. The highest BCUT2D eigenvalue weighted by atomic mass is 35.5. The zero-order chi connectivity index (χ0) is 12.2. The number of rotatable bonds is 4. The SMILES string of the molecule is COC(=O)c1ccc(OC(F)(F)CN)cc1.Cl. The summed E-state index contributed by atoms with van der Waals surface area (Å²) in [4.78, 5) is 11.0. The maximum absolute atomic E-state index is 12.7. The lowest BCUT2D eigenvalue weighted by Crippen LogP contribution is -2.34. The Morgan fingerprint density at radius 2 is 1.88 bits per heavy atom. The van der Waals surface area contributed by atoms with E-state index in [2.05, 4.69) is 9.47 Å². The summed E-state index contributed by atoms with van der Waals surface area (Å²) in [5.74, 6) is -0.611. The summed E-state index contributed by atoms with van der Waals surface area (Å²) in [5, 5.41) is 0. The molecule has 96 valence electrons. The van der Waals surface area contributed by atoms with Gasteiger partial charge in [-0.2, -0.15) is 8.78 Å². The summed E-state index contributed by atoms with van der Waals surface area (Å²) >= 11 is 0. The fourth-order valence-electron chi connectivity index (χ4n) is 0.991. The molecule has 0 unspecified atom stereocenters. The van der Waals surface area contributed by atoms with Crippen molar-refractivity contribution in [3.8, 4) is 5.75 Å². The van der Waals surface area contributed by atoms with Gasteiger partial charge in [-0.25, -0.2) is 4.79 Å². The number of hydrogen-bond donors (Lipinski definition) is 1. The number of benzene rings is 1. The Kier molecular flexibility index (Phi) is 5.84. The minimum absolute atomic E-state index is 0. The normalized spacial score (nSPS) is 10.4. The molecule has 0 saturated heterocycles. The van der Waals surface area contributed by atoms with Crippen molar-refractivity contribution in [1.82, 2.24) is 0 Å². The number of esters is 1. The van der Waals surface area contributed by atoms with Crippen LogP contribution in [0.25, 0.3) is 0 Å². The van der Waals surface area contributed by atoms with Gasteiger partial charge in [0.15, 0.2) is 0 Å². The molecule has 0 radical (unpaired) electrons. The van der Waals surface area contributed by atoms with Crippen molar-refractivity contribution in [1.29, 1.82) is 0 Å². The Morgan fingerprint density at radius 3 is 2.29 bits per heavy atom. The molecule has 7 heteroatoms. The van der Waals surface area contributed by atoms with E-state index in [0.717, 1.165) is 0 Å². The molecule has 0 aliphatic heterocycles. The van der Waals surface area contributed by atoms with Gasteiger partial charge in [-0.3, -0.25) is 0 Å². The Balaban J connectivity index is 0.00000256. The number of hydrogen-bond acceptors (Lipinski definition) is 4. The van der Waals surface area contributed by atoms with Crippen LogP contribution in [0.3, 0.4) is 0 Å². The number of nitrogens with two attached hydrogens (primary N) is 1. The molecule has 0 fully saturated rings. The van der Waals surface area contributed by atoms with Crippen molar-refractivity contribution in [2.75, 3.05) is 13.7 Å². The molecular formula is C10H12ClF2NO3. The summed E-state index contributed by atoms with van der Waals surface area (Å²) in [6, 6.07) is 5.15. The van der Waals surface area contributed by atoms with E-state index in [9.17, 15) is 13.6 Å². The first kappa shape index (κ1) is 15.6. The van der Waals surface area contributed by atoms with Gasteiger partial charge in [-0.1, -0.05) is 0 Å². The molecule has 0 amide bonds. The fraction of sp³-hybridized carbons (Fsp3) is 0.300. The summed E-state index contributed by atoms with van der Waals surface area (Å²) < 4.78 is 34.2. The topological polar surface area (TPSA) is 61.5 Å². The van der Waals surface area contributed by atoms with Crippen molar-refractivity contribution < 1.29 is 23.0 Å². The smallest absolute Gasteiger partial charge is 0.410 e. The van der Waals surface area contributed by atoms with Gasteiger partial charge >= 0.3 is 12.1 Å². The molecule has 0 bridgehead atoms. The molecule has 2 N–H and O–H groups in total. The highest BCUT2D eigenvalue weighted by Gasteiger charge is 2.29. The number of alkyl halides is 2. The number of ether oxygens (including phenoxy) is 2. The lowest BCUT2D eigenvalue weighted by molar-refractivity contribution is -0.166. The van der Waals surface area contributed by atoms with Gasteiger partial charge in [0.05, 0.1) is 19.2 Å². The van der Waals surface area contributed by atoms with Crippen molar-refractivity contribution in [2.24, 2.45) is 5.73 Å². The molecule has 0 aliphatic rings. The zero-order valence-electron chi connectivity index (χ0n) is 8.98. The van der Waals surface area contributed by atoms with Gasteiger partial charge in [0.2, 0.25) is 0 Å². The third-order valence-electron chi connectivity index (χ3n) is 1.78. The predicted octanol–water partition coefficient (Wildman–Crippen LogP) is 1.83. The molecule has 0 aromatic heterocycles. The molecule has 0 heterocycles. The van der Waals surface area contributed by atoms with Crippen LogP contribution in [-0.4, -0.2) is 25.7 Å². The van der Waals surface area contributed by atoms with Gasteiger partial charge in [0, 0.05) is 0 Å².